The van der Waals surface area contributed by atoms with E-state index in [-0.39, 0.29) is 5.91 Å². The molecule has 100 valence electrons. The van der Waals surface area contributed by atoms with Crippen molar-refractivity contribution in [2.75, 3.05) is 11.1 Å². The van der Waals surface area contributed by atoms with Crippen molar-refractivity contribution in [3.63, 3.8) is 0 Å². The summed E-state index contributed by atoms with van der Waals surface area (Å²) >= 11 is 7.51. The van der Waals surface area contributed by atoms with Crippen LogP contribution in [0, 0.1) is 0 Å². The average Bonchev–Trinajstić information content (AvgIpc) is 2.89. The lowest BCUT2D eigenvalue weighted by molar-refractivity contribution is -0.116. The van der Waals surface area contributed by atoms with Gasteiger partial charge in [-0.25, -0.2) is 5.10 Å². The summed E-state index contributed by atoms with van der Waals surface area (Å²) < 4.78 is 0. The fourth-order valence-electron chi connectivity index (χ4n) is 1.41. The van der Waals surface area contributed by atoms with E-state index in [1.807, 2.05) is 24.3 Å². The van der Waals surface area contributed by atoms with Gasteiger partial charge in [0, 0.05) is 16.3 Å². The first-order chi connectivity index (χ1) is 9.24. The van der Waals surface area contributed by atoms with Crippen molar-refractivity contribution in [3.05, 3.63) is 35.6 Å². The fraction of sp³-hybridized carbons (Fsp3) is 0.250. The molecule has 1 heterocycles. The summed E-state index contributed by atoms with van der Waals surface area (Å²) in [5, 5.41) is 9.60. The van der Waals surface area contributed by atoms with E-state index >= 15 is 0 Å². The van der Waals surface area contributed by atoms with Gasteiger partial charge in [-0.3, -0.25) is 10.1 Å². The van der Waals surface area contributed by atoms with Crippen LogP contribution in [0.4, 0.5) is 5.95 Å². The smallest absolute Gasteiger partial charge is 0.226 e. The minimum atomic E-state index is -0.0616. The quantitative estimate of drug-likeness (QED) is 0.635. The van der Waals surface area contributed by atoms with Crippen LogP contribution in [0.25, 0.3) is 0 Å². The highest BCUT2D eigenvalue weighted by atomic mass is 35.5. The molecule has 0 aliphatic rings. The van der Waals surface area contributed by atoms with Gasteiger partial charge >= 0.3 is 0 Å². The first kappa shape index (κ1) is 13.9. The Bertz CT molecular complexity index is 515. The minimum absolute atomic E-state index is 0.0616. The molecular formula is C12H13ClN4OS. The Hall–Kier alpha value is -1.53. The van der Waals surface area contributed by atoms with E-state index in [2.05, 4.69) is 20.5 Å². The third kappa shape index (κ3) is 4.92. The van der Waals surface area contributed by atoms with Crippen molar-refractivity contribution in [2.45, 2.75) is 17.7 Å². The molecule has 0 bridgehead atoms. The maximum Gasteiger partial charge on any atom is 0.226 e. The van der Waals surface area contributed by atoms with Gasteiger partial charge in [-0.15, -0.1) is 11.8 Å². The molecule has 7 heteroatoms. The topological polar surface area (TPSA) is 70.7 Å². The third-order valence-electron chi connectivity index (χ3n) is 2.30. The van der Waals surface area contributed by atoms with Gasteiger partial charge in [-0.05, 0) is 36.4 Å². The van der Waals surface area contributed by atoms with Gasteiger partial charge in [0.2, 0.25) is 11.9 Å². The number of hydrogen-bond acceptors (Lipinski definition) is 4. The van der Waals surface area contributed by atoms with E-state index in [1.165, 1.54) is 6.33 Å². The third-order valence-corrected chi connectivity index (χ3v) is 3.65. The number of benzene rings is 1. The van der Waals surface area contributed by atoms with Crippen LogP contribution in [0.5, 0.6) is 0 Å². The fourth-order valence-corrected chi connectivity index (χ4v) is 2.39. The predicted molar refractivity (Wildman–Crippen MR) is 76.4 cm³/mol. The largest absolute Gasteiger partial charge is 0.295 e. The number of thioether (sulfide) groups is 1. The highest BCUT2D eigenvalue weighted by Crippen LogP contribution is 2.21. The first-order valence-corrected chi connectivity index (χ1v) is 7.14. The zero-order valence-corrected chi connectivity index (χ0v) is 11.7. The summed E-state index contributed by atoms with van der Waals surface area (Å²) in [6.45, 7) is 0. The van der Waals surface area contributed by atoms with Crippen LogP contribution >= 0.6 is 23.4 Å². The summed E-state index contributed by atoms with van der Waals surface area (Å²) in [4.78, 5) is 16.5. The maximum atomic E-state index is 11.5. The molecule has 1 aromatic heterocycles. The van der Waals surface area contributed by atoms with Gasteiger partial charge in [0.25, 0.3) is 0 Å². The van der Waals surface area contributed by atoms with Gasteiger partial charge in [0.05, 0.1) is 0 Å². The van der Waals surface area contributed by atoms with Gasteiger partial charge in [-0.1, -0.05) is 11.6 Å². The Kier molecular flexibility index (Phi) is 5.23. The van der Waals surface area contributed by atoms with Gasteiger partial charge in [0.15, 0.2) is 0 Å². The molecule has 1 aromatic carbocycles. The molecule has 0 saturated heterocycles. The molecular weight excluding hydrogens is 284 g/mol. The van der Waals surface area contributed by atoms with E-state index in [4.69, 9.17) is 11.6 Å². The highest BCUT2D eigenvalue weighted by Gasteiger charge is 2.04. The van der Waals surface area contributed by atoms with E-state index in [1.54, 1.807) is 11.8 Å². The molecule has 2 N–H and O–H groups in total. The number of anilines is 1. The van der Waals surface area contributed by atoms with Crippen LogP contribution in [0.3, 0.4) is 0 Å². The molecule has 0 fully saturated rings. The lowest BCUT2D eigenvalue weighted by Gasteiger charge is -2.02. The zero-order valence-electron chi connectivity index (χ0n) is 10.1. The van der Waals surface area contributed by atoms with E-state index in [0.717, 1.165) is 22.1 Å². The number of carbonyl (C=O) groups is 1. The van der Waals surface area contributed by atoms with Crippen molar-refractivity contribution in [1.29, 1.82) is 0 Å². The molecule has 1 amide bonds. The molecule has 2 rings (SSSR count). The van der Waals surface area contributed by atoms with Gasteiger partial charge in [-0.2, -0.15) is 10.1 Å². The van der Waals surface area contributed by atoms with Gasteiger partial charge < -0.3 is 0 Å². The van der Waals surface area contributed by atoms with Crippen molar-refractivity contribution in [2.24, 2.45) is 0 Å². The molecule has 0 spiro atoms. The Labute approximate surface area is 120 Å². The average molecular weight is 297 g/mol. The molecule has 2 aromatic rings. The molecule has 0 unspecified atom stereocenters. The number of H-pyrrole nitrogens is 1. The second kappa shape index (κ2) is 7.16. The number of rotatable bonds is 6. The Balaban J connectivity index is 1.64. The molecule has 19 heavy (non-hydrogen) atoms. The van der Waals surface area contributed by atoms with E-state index in [9.17, 15) is 4.79 Å². The summed E-state index contributed by atoms with van der Waals surface area (Å²) in [6, 6.07) is 7.67. The molecule has 0 aliphatic heterocycles. The monoisotopic (exact) mass is 296 g/mol. The summed E-state index contributed by atoms with van der Waals surface area (Å²) in [5.74, 6) is 1.20. The molecule has 5 nitrogen and oxygen atoms in total. The van der Waals surface area contributed by atoms with E-state index < -0.39 is 0 Å². The number of nitrogens with zero attached hydrogens (tertiary/aromatic N) is 2. The SMILES string of the molecule is O=C(CCCSc1ccc(Cl)cc1)Nc1ncn[nH]1. The Morgan fingerprint density at radius 2 is 2.16 bits per heavy atom. The highest BCUT2D eigenvalue weighted by molar-refractivity contribution is 7.99. The maximum absolute atomic E-state index is 11.5. The Morgan fingerprint density at radius 3 is 2.84 bits per heavy atom. The second-order valence-electron chi connectivity index (χ2n) is 3.79. The lowest BCUT2D eigenvalue weighted by atomic mass is 10.3. The summed E-state index contributed by atoms with van der Waals surface area (Å²) in [7, 11) is 0. The number of carbonyl (C=O) groups excluding carboxylic acids is 1. The van der Waals surface area contributed by atoms with Crippen LogP contribution in [0.15, 0.2) is 35.5 Å². The number of aromatic amines is 1. The molecule has 0 atom stereocenters. The van der Waals surface area contributed by atoms with Crippen molar-refractivity contribution in [3.8, 4) is 0 Å². The first-order valence-electron chi connectivity index (χ1n) is 5.77. The second-order valence-corrected chi connectivity index (χ2v) is 5.39. The normalized spacial score (nSPS) is 10.4. The van der Waals surface area contributed by atoms with Crippen molar-refractivity contribution < 1.29 is 4.79 Å². The summed E-state index contributed by atoms with van der Waals surface area (Å²) in [6.07, 6.45) is 2.61. The number of halogens is 1. The number of aromatic nitrogens is 3. The number of nitrogens with one attached hydrogen (secondary N) is 2. The molecule has 0 radical (unpaired) electrons. The van der Waals surface area contributed by atoms with Gasteiger partial charge in [0.1, 0.15) is 6.33 Å². The van der Waals surface area contributed by atoms with Crippen LogP contribution in [0.2, 0.25) is 5.02 Å². The van der Waals surface area contributed by atoms with Crippen LogP contribution < -0.4 is 5.32 Å². The minimum Gasteiger partial charge on any atom is -0.295 e. The van der Waals surface area contributed by atoms with Crippen molar-refractivity contribution in [1.82, 2.24) is 15.2 Å². The summed E-state index contributed by atoms with van der Waals surface area (Å²) in [5.41, 5.74) is 0. The van der Waals surface area contributed by atoms with Crippen LogP contribution in [-0.4, -0.2) is 26.8 Å². The van der Waals surface area contributed by atoms with Crippen LogP contribution in [0.1, 0.15) is 12.8 Å². The molecule has 0 aliphatic carbocycles. The zero-order chi connectivity index (χ0) is 13.5. The van der Waals surface area contributed by atoms with Crippen molar-refractivity contribution >= 4 is 35.2 Å². The molecule has 0 saturated carbocycles. The Morgan fingerprint density at radius 1 is 1.37 bits per heavy atom. The number of hydrogen-bond donors (Lipinski definition) is 2. The lowest BCUT2D eigenvalue weighted by Crippen LogP contribution is -2.12. The van der Waals surface area contributed by atoms with Crippen LogP contribution in [-0.2, 0) is 4.79 Å². The standard InChI is InChI=1S/C12H13ClN4OS/c13-9-3-5-10(6-4-9)19-7-1-2-11(18)16-12-14-8-15-17-12/h3-6,8H,1-2,7H2,(H2,14,15,16,17,18). The van der Waals surface area contributed by atoms with E-state index in [0.29, 0.717) is 12.4 Å². The number of amides is 1. The predicted octanol–water partition coefficient (Wildman–Crippen LogP) is 2.97.